The molecule has 0 unspecified atom stereocenters. The number of hydrogen-bond acceptors (Lipinski definition) is 4. The smallest absolute Gasteiger partial charge is 0.253 e. The molecule has 0 bridgehead atoms. The summed E-state index contributed by atoms with van der Waals surface area (Å²) in [5, 5.41) is 14.1. The Morgan fingerprint density at radius 1 is 0.935 bits per heavy atom. The van der Waals surface area contributed by atoms with Crippen LogP contribution in [-0.2, 0) is 0 Å². The summed E-state index contributed by atoms with van der Waals surface area (Å²) in [5.41, 5.74) is 2.19. The summed E-state index contributed by atoms with van der Waals surface area (Å²) in [5.74, 6) is 1.80. The number of amides is 1. The van der Waals surface area contributed by atoms with Crippen LogP contribution in [0, 0.1) is 11.8 Å². The molecule has 1 aromatic carbocycles. The first-order chi connectivity index (χ1) is 14.2. The Balaban J connectivity index is 0.00000136. The highest BCUT2D eigenvalue weighted by Crippen LogP contribution is 2.39. The molecule has 1 aromatic rings. The summed E-state index contributed by atoms with van der Waals surface area (Å²) in [4.78, 5) is 17.7. The molecule has 1 amide bonds. The first-order valence-corrected chi connectivity index (χ1v) is 11.7. The zero-order chi connectivity index (χ0) is 19.8. The van der Waals surface area contributed by atoms with Crippen LogP contribution in [0.3, 0.4) is 0 Å². The lowest BCUT2D eigenvalue weighted by molar-refractivity contribution is -0.000864. The van der Waals surface area contributed by atoms with E-state index in [9.17, 15) is 9.90 Å². The molecule has 4 atom stereocenters. The molecule has 7 heteroatoms. The van der Waals surface area contributed by atoms with Crippen LogP contribution in [-0.4, -0.2) is 72.2 Å². The van der Waals surface area contributed by atoms with E-state index in [0.717, 1.165) is 57.7 Å². The fraction of sp³-hybridized carbons (Fsp3) is 0.708. The maximum Gasteiger partial charge on any atom is 0.253 e. The standard InChI is InChI=1S/C24H35N3O2.2ClH/c28-23-14-21-16-27(15-20(21)13-22(23)26-11-1-2-12-26)24(29)19-5-3-17(4-6-19)18-7-9-25-10-8-18;;/h3-6,18,20-23,25,28H,1-2,7-16H2;2*1H/t20-,21+,22-,23-;;/m1../s1. The van der Waals surface area contributed by atoms with Crippen molar-refractivity contribution in [2.45, 2.75) is 56.6 Å². The van der Waals surface area contributed by atoms with Crippen LogP contribution in [0.4, 0.5) is 0 Å². The van der Waals surface area contributed by atoms with Gasteiger partial charge in [-0.3, -0.25) is 9.69 Å². The summed E-state index contributed by atoms with van der Waals surface area (Å²) < 4.78 is 0. The summed E-state index contributed by atoms with van der Waals surface area (Å²) >= 11 is 0. The number of halogens is 2. The molecule has 3 aliphatic heterocycles. The van der Waals surface area contributed by atoms with E-state index in [1.54, 1.807) is 0 Å². The van der Waals surface area contributed by atoms with Crippen LogP contribution in [0.5, 0.6) is 0 Å². The number of benzene rings is 1. The summed E-state index contributed by atoms with van der Waals surface area (Å²) in [6, 6.07) is 8.70. The van der Waals surface area contributed by atoms with Crippen LogP contribution in [0.2, 0.25) is 0 Å². The molecule has 31 heavy (non-hydrogen) atoms. The quantitative estimate of drug-likeness (QED) is 0.712. The third-order valence-corrected chi connectivity index (χ3v) is 7.97. The molecular weight excluding hydrogens is 433 g/mol. The van der Waals surface area contributed by atoms with E-state index in [2.05, 4.69) is 22.3 Å². The number of aliphatic hydroxyl groups is 1. The Bertz CT molecular complexity index is 720. The average Bonchev–Trinajstić information content (AvgIpc) is 3.43. The highest BCUT2D eigenvalue weighted by Gasteiger charge is 2.45. The topological polar surface area (TPSA) is 55.8 Å². The molecule has 0 spiro atoms. The lowest BCUT2D eigenvalue weighted by Crippen LogP contribution is -2.48. The molecule has 4 fully saturated rings. The van der Waals surface area contributed by atoms with Crippen LogP contribution in [0.25, 0.3) is 0 Å². The second-order valence-electron chi connectivity index (χ2n) is 9.73. The van der Waals surface area contributed by atoms with Gasteiger partial charge in [0.15, 0.2) is 0 Å². The summed E-state index contributed by atoms with van der Waals surface area (Å²) in [6.07, 6.45) is 6.56. The maximum atomic E-state index is 13.1. The lowest BCUT2D eigenvalue weighted by atomic mass is 9.77. The van der Waals surface area contributed by atoms with Crippen LogP contribution in [0.15, 0.2) is 24.3 Å². The number of carbonyl (C=O) groups excluding carboxylic acids is 1. The minimum absolute atomic E-state index is 0. The van der Waals surface area contributed by atoms with E-state index in [1.165, 1.54) is 31.2 Å². The predicted octanol–water partition coefficient (Wildman–Crippen LogP) is 3.30. The zero-order valence-corrected chi connectivity index (χ0v) is 19.9. The number of fused-ring (bicyclic) bond motifs is 1. The van der Waals surface area contributed by atoms with Gasteiger partial charge in [0.2, 0.25) is 0 Å². The average molecular weight is 470 g/mol. The van der Waals surface area contributed by atoms with Gasteiger partial charge < -0.3 is 15.3 Å². The normalized spacial score (nSPS) is 31.6. The zero-order valence-electron chi connectivity index (χ0n) is 18.2. The van der Waals surface area contributed by atoms with Gasteiger partial charge in [0, 0.05) is 24.7 Å². The number of likely N-dealkylation sites (tertiary alicyclic amines) is 2. The minimum Gasteiger partial charge on any atom is -0.391 e. The molecular formula is C24H37Cl2N3O2. The van der Waals surface area contributed by atoms with Gasteiger partial charge in [0.1, 0.15) is 0 Å². The Morgan fingerprint density at radius 3 is 2.19 bits per heavy atom. The van der Waals surface area contributed by atoms with E-state index < -0.39 is 0 Å². The fourth-order valence-electron chi connectivity index (χ4n) is 6.27. The van der Waals surface area contributed by atoms with Crippen molar-refractivity contribution in [3.63, 3.8) is 0 Å². The first-order valence-electron chi connectivity index (χ1n) is 11.7. The largest absolute Gasteiger partial charge is 0.391 e. The molecule has 0 aromatic heterocycles. The number of aliphatic hydroxyl groups excluding tert-OH is 1. The van der Waals surface area contributed by atoms with Crippen LogP contribution < -0.4 is 5.32 Å². The summed E-state index contributed by atoms with van der Waals surface area (Å²) in [6.45, 7) is 6.11. The maximum absolute atomic E-state index is 13.1. The second-order valence-corrected chi connectivity index (χ2v) is 9.73. The molecule has 3 heterocycles. The molecule has 3 saturated heterocycles. The van der Waals surface area contributed by atoms with Crippen molar-refractivity contribution < 1.29 is 9.90 Å². The van der Waals surface area contributed by atoms with Gasteiger partial charge in [0.25, 0.3) is 5.91 Å². The number of nitrogens with one attached hydrogen (secondary N) is 1. The molecule has 0 radical (unpaired) electrons. The molecule has 4 aliphatic rings. The van der Waals surface area contributed by atoms with Crippen molar-refractivity contribution in [1.82, 2.24) is 15.1 Å². The predicted molar refractivity (Wildman–Crippen MR) is 129 cm³/mol. The van der Waals surface area contributed by atoms with E-state index in [1.807, 2.05) is 17.0 Å². The van der Waals surface area contributed by atoms with Crippen molar-refractivity contribution >= 4 is 30.7 Å². The fourth-order valence-corrected chi connectivity index (χ4v) is 6.27. The SMILES string of the molecule is Cl.Cl.O=C(c1ccc(C2CCNCC2)cc1)N1C[C@H]2C[C@@H](N3CCCC3)[C@H](O)C[C@H]2C1. The van der Waals surface area contributed by atoms with Gasteiger partial charge in [-0.2, -0.15) is 0 Å². The van der Waals surface area contributed by atoms with Crippen LogP contribution in [0.1, 0.15) is 60.4 Å². The van der Waals surface area contributed by atoms with Crippen molar-refractivity contribution in [3.05, 3.63) is 35.4 Å². The monoisotopic (exact) mass is 469 g/mol. The van der Waals surface area contributed by atoms with Gasteiger partial charge >= 0.3 is 0 Å². The number of nitrogens with zero attached hydrogens (tertiary/aromatic N) is 2. The van der Waals surface area contributed by atoms with Gasteiger partial charge in [0.05, 0.1) is 6.10 Å². The first kappa shape index (κ1) is 24.8. The Morgan fingerprint density at radius 2 is 1.55 bits per heavy atom. The molecule has 2 N–H and O–H groups in total. The van der Waals surface area contributed by atoms with Crippen molar-refractivity contribution in [1.29, 1.82) is 0 Å². The molecule has 174 valence electrons. The highest BCUT2D eigenvalue weighted by atomic mass is 35.5. The minimum atomic E-state index is -0.228. The van der Waals surface area contributed by atoms with Crippen LogP contribution >= 0.6 is 24.8 Å². The Hall–Kier alpha value is -0.850. The number of carbonyl (C=O) groups is 1. The number of hydrogen-bond donors (Lipinski definition) is 2. The Labute approximate surface area is 198 Å². The molecule has 5 rings (SSSR count). The van der Waals surface area contributed by atoms with E-state index in [0.29, 0.717) is 23.8 Å². The van der Waals surface area contributed by atoms with Gasteiger partial charge in [-0.25, -0.2) is 0 Å². The number of rotatable bonds is 3. The molecule has 1 aliphatic carbocycles. The summed E-state index contributed by atoms with van der Waals surface area (Å²) in [7, 11) is 0. The highest BCUT2D eigenvalue weighted by molar-refractivity contribution is 5.94. The number of piperidine rings is 1. The third kappa shape index (κ3) is 5.22. The third-order valence-electron chi connectivity index (χ3n) is 7.97. The second kappa shape index (κ2) is 10.8. The van der Waals surface area contributed by atoms with Crippen molar-refractivity contribution in [2.75, 3.05) is 39.3 Å². The lowest BCUT2D eigenvalue weighted by Gasteiger charge is -2.40. The Kier molecular flexibility index (Phi) is 8.67. The van der Waals surface area contributed by atoms with E-state index in [-0.39, 0.29) is 36.8 Å². The van der Waals surface area contributed by atoms with Crippen molar-refractivity contribution in [3.8, 4) is 0 Å². The molecule has 1 saturated carbocycles. The van der Waals surface area contributed by atoms with Gasteiger partial charge in [-0.05, 0) is 100 Å². The van der Waals surface area contributed by atoms with Gasteiger partial charge in [-0.1, -0.05) is 12.1 Å². The molecule has 5 nitrogen and oxygen atoms in total. The van der Waals surface area contributed by atoms with E-state index >= 15 is 0 Å². The van der Waals surface area contributed by atoms with Crippen molar-refractivity contribution in [2.24, 2.45) is 11.8 Å². The van der Waals surface area contributed by atoms with Gasteiger partial charge in [-0.15, -0.1) is 24.8 Å². The van der Waals surface area contributed by atoms with E-state index in [4.69, 9.17) is 0 Å².